The number of carbonyl (C=O) groups is 1. The average Bonchev–Trinajstić information content (AvgIpc) is 2.89. The molecule has 3 rings (SSSR count). The molecule has 1 aromatic carbocycles. The number of carbonyl (C=O) groups excluding carboxylic acids is 1. The highest BCUT2D eigenvalue weighted by molar-refractivity contribution is 5.98. The van der Waals surface area contributed by atoms with E-state index >= 15 is 0 Å². The minimum absolute atomic E-state index is 0.111. The Kier molecular flexibility index (Phi) is 3.49. The van der Waals surface area contributed by atoms with Crippen LogP contribution in [0.2, 0.25) is 0 Å². The van der Waals surface area contributed by atoms with Gasteiger partial charge in [0.1, 0.15) is 5.69 Å². The molecule has 112 valence electrons. The van der Waals surface area contributed by atoms with Crippen molar-refractivity contribution in [2.45, 2.75) is 26.3 Å². The minimum Gasteiger partial charge on any atom is -0.351 e. The number of H-pyrrole nitrogens is 1. The normalized spacial score (nSPS) is 17.4. The van der Waals surface area contributed by atoms with Gasteiger partial charge in [-0.3, -0.25) is 9.69 Å². The molecule has 0 radical (unpaired) electrons. The maximum atomic E-state index is 12.6. The minimum atomic E-state index is 0.111. The summed E-state index contributed by atoms with van der Waals surface area (Å²) in [6, 6.07) is 9.96. The van der Waals surface area contributed by atoms with Crippen LogP contribution in [0.5, 0.6) is 0 Å². The number of amides is 1. The van der Waals surface area contributed by atoms with Gasteiger partial charge in [-0.1, -0.05) is 18.2 Å². The Bertz CT molecular complexity index is 612. The lowest BCUT2D eigenvalue weighted by Crippen LogP contribution is -2.54. The zero-order valence-electron chi connectivity index (χ0n) is 13.0. The van der Waals surface area contributed by atoms with Crippen LogP contribution in [0.3, 0.4) is 0 Å². The van der Waals surface area contributed by atoms with Gasteiger partial charge in [-0.05, 0) is 32.9 Å². The molecular weight excluding hydrogens is 262 g/mol. The van der Waals surface area contributed by atoms with E-state index in [9.17, 15) is 4.79 Å². The van der Waals surface area contributed by atoms with Gasteiger partial charge in [0.25, 0.3) is 5.91 Å². The lowest BCUT2D eigenvalue weighted by atomic mass is 10.0. The fraction of sp³-hybridized carbons (Fsp3) is 0.471. The van der Waals surface area contributed by atoms with Crippen molar-refractivity contribution in [3.05, 3.63) is 36.0 Å². The van der Waals surface area contributed by atoms with Gasteiger partial charge in [0, 0.05) is 42.6 Å². The van der Waals surface area contributed by atoms with Gasteiger partial charge in [-0.15, -0.1) is 0 Å². The molecule has 1 fully saturated rings. The molecule has 1 aliphatic rings. The van der Waals surface area contributed by atoms with E-state index in [1.807, 2.05) is 35.2 Å². The standard InChI is InChI=1S/C17H23N3O/c1-17(2,3)20-10-8-19(9-11-20)16(21)15-12-13-6-4-5-7-14(13)18-15/h4-7,12,18H,8-11H2,1-3H3. The van der Waals surface area contributed by atoms with Crippen molar-refractivity contribution in [2.75, 3.05) is 26.2 Å². The van der Waals surface area contributed by atoms with Crippen molar-refractivity contribution >= 4 is 16.8 Å². The Morgan fingerprint density at radius 3 is 2.38 bits per heavy atom. The van der Waals surface area contributed by atoms with Gasteiger partial charge in [-0.25, -0.2) is 0 Å². The lowest BCUT2D eigenvalue weighted by molar-refractivity contribution is 0.0447. The summed E-state index contributed by atoms with van der Waals surface area (Å²) in [7, 11) is 0. The van der Waals surface area contributed by atoms with Gasteiger partial charge in [0.05, 0.1) is 0 Å². The van der Waals surface area contributed by atoms with Crippen LogP contribution in [0.25, 0.3) is 10.9 Å². The number of fused-ring (bicyclic) bond motifs is 1. The second kappa shape index (κ2) is 5.19. The highest BCUT2D eigenvalue weighted by atomic mass is 16.2. The molecule has 21 heavy (non-hydrogen) atoms. The topological polar surface area (TPSA) is 39.3 Å². The Balaban J connectivity index is 1.72. The summed E-state index contributed by atoms with van der Waals surface area (Å²) in [6.07, 6.45) is 0. The largest absolute Gasteiger partial charge is 0.351 e. The third-order valence-electron chi connectivity index (χ3n) is 4.28. The van der Waals surface area contributed by atoms with Gasteiger partial charge in [0.15, 0.2) is 0 Å². The van der Waals surface area contributed by atoms with E-state index in [0.29, 0.717) is 5.69 Å². The first-order valence-corrected chi connectivity index (χ1v) is 7.57. The number of piperazine rings is 1. The summed E-state index contributed by atoms with van der Waals surface area (Å²) in [6.45, 7) is 10.1. The third kappa shape index (κ3) is 2.81. The molecule has 0 aliphatic carbocycles. The van der Waals surface area contributed by atoms with E-state index in [-0.39, 0.29) is 11.4 Å². The molecule has 0 saturated carbocycles. The number of benzene rings is 1. The monoisotopic (exact) mass is 285 g/mol. The van der Waals surface area contributed by atoms with E-state index < -0.39 is 0 Å². The number of nitrogens with one attached hydrogen (secondary N) is 1. The molecule has 0 atom stereocenters. The molecule has 4 nitrogen and oxygen atoms in total. The van der Waals surface area contributed by atoms with Crippen LogP contribution in [-0.4, -0.2) is 52.4 Å². The van der Waals surface area contributed by atoms with Crippen molar-refractivity contribution in [1.82, 2.24) is 14.8 Å². The summed E-state index contributed by atoms with van der Waals surface area (Å²) in [5.74, 6) is 0.111. The Hall–Kier alpha value is -1.81. The highest BCUT2D eigenvalue weighted by Gasteiger charge is 2.28. The smallest absolute Gasteiger partial charge is 0.270 e. The molecule has 1 amide bonds. The fourth-order valence-electron chi connectivity index (χ4n) is 2.94. The van der Waals surface area contributed by atoms with Crippen LogP contribution in [0, 0.1) is 0 Å². The summed E-state index contributed by atoms with van der Waals surface area (Å²) >= 11 is 0. The molecule has 0 bridgehead atoms. The molecular formula is C17H23N3O. The van der Waals surface area contributed by atoms with E-state index in [1.165, 1.54) is 0 Å². The first-order chi connectivity index (χ1) is 9.95. The summed E-state index contributed by atoms with van der Waals surface area (Å²) in [5, 5.41) is 1.09. The van der Waals surface area contributed by atoms with E-state index in [4.69, 9.17) is 0 Å². The fourth-order valence-corrected chi connectivity index (χ4v) is 2.94. The van der Waals surface area contributed by atoms with Gasteiger partial charge in [-0.2, -0.15) is 0 Å². The number of aromatic nitrogens is 1. The molecule has 1 aliphatic heterocycles. The van der Waals surface area contributed by atoms with Crippen molar-refractivity contribution in [2.24, 2.45) is 0 Å². The third-order valence-corrected chi connectivity index (χ3v) is 4.28. The second-order valence-electron chi connectivity index (χ2n) is 6.72. The molecule has 0 unspecified atom stereocenters. The number of hydrogen-bond acceptors (Lipinski definition) is 2. The number of nitrogens with zero attached hydrogens (tertiary/aromatic N) is 2. The van der Waals surface area contributed by atoms with Crippen LogP contribution in [0.15, 0.2) is 30.3 Å². The summed E-state index contributed by atoms with van der Waals surface area (Å²) in [4.78, 5) is 20.2. The summed E-state index contributed by atoms with van der Waals surface area (Å²) < 4.78 is 0. The van der Waals surface area contributed by atoms with Crippen molar-refractivity contribution in [3.8, 4) is 0 Å². The Morgan fingerprint density at radius 2 is 1.76 bits per heavy atom. The molecule has 1 saturated heterocycles. The van der Waals surface area contributed by atoms with Crippen LogP contribution in [0.4, 0.5) is 0 Å². The van der Waals surface area contributed by atoms with E-state index in [2.05, 4.69) is 30.7 Å². The number of rotatable bonds is 1. The number of aromatic amines is 1. The van der Waals surface area contributed by atoms with Crippen molar-refractivity contribution < 1.29 is 4.79 Å². The van der Waals surface area contributed by atoms with Gasteiger partial charge >= 0.3 is 0 Å². The number of hydrogen-bond donors (Lipinski definition) is 1. The average molecular weight is 285 g/mol. The Labute approximate surface area is 125 Å². The zero-order chi connectivity index (χ0) is 15.0. The van der Waals surface area contributed by atoms with Crippen LogP contribution >= 0.6 is 0 Å². The zero-order valence-corrected chi connectivity index (χ0v) is 13.0. The first kappa shape index (κ1) is 14.1. The van der Waals surface area contributed by atoms with Crippen LogP contribution in [-0.2, 0) is 0 Å². The van der Waals surface area contributed by atoms with Gasteiger partial charge in [0.2, 0.25) is 0 Å². The Morgan fingerprint density at radius 1 is 1.10 bits per heavy atom. The SMILES string of the molecule is CC(C)(C)N1CCN(C(=O)c2cc3ccccc3[nH]2)CC1. The quantitative estimate of drug-likeness (QED) is 0.875. The maximum Gasteiger partial charge on any atom is 0.270 e. The van der Waals surface area contributed by atoms with E-state index in [1.54, 1.807) is 0 Å². The summed E-state index contributed by atoms with van der Waals surface area (Å²) in [5.41, 5.74) is 1.89. The molecule has 4 heteroatoms. The molecule has 2 aromatic rings. The molecule has 1 aromatic heterocycles. The first-order valence-electron chi connectivity index (χ1n) is 7.57. The number of para-hydroxylation sites is 1. The molecule has 2 heterocycles. The van der Waals surface area contributed by atoms with Crippen molar-refractivity contribution in [1.29, 1.82) is 0 Å². The predicted molar refractivity (Wildman–Crippen MR) is 85.5 cm³/mol. The highest BCUT2D eigenvalue weighted by Crippen LogP contribution is 2.19. The lowest BCUT2D eigenvalue weighted by Gasteiger charge is -2.42. The van der Waals surface area contributed by atoms with Crippen LogP contribution < -0.4 is 0 Å². The van der Waals surface area contributed by atoms with E-state index in [0.717, 1.165) is 37.1 Å². The van der Waals surface area contributed by atoms with Crippen molar-refractivity contribution in [3.63, 3.8) is 0 Å². The van der Waals surface area contributed by atoms with Gasteiger partial charge < -0.3 is 9.88 Å². The van der Waals surface area contributed by atoms with Crippen LogP contribution in [0.1, 0.15) is 31.3 Å². The maximum absolute atomic E-state index is 12.6. The molecule has 0 spiro atoms. The predicted octanol–water partition coefficient (Wildman–Crippen LogP) is 2.72. The second-order valence-corrected chi connectivity index (χ2v) is 6.72. The molecule has 1 N–H and O–H groups in total.